The second-order valence-corrected chi connectivity index (χ2v) is 4.19. The summed E-state index contributed by atoms with van der Waals surface area (Å²) in [4.78, 5) is 0. The SMILES string of the molecule is CCC(OC)c1cc(COC)c(O)c(COC)c1. The molecule has 4 heteroatoms. The molecule has 0 bridgehead atoms. The first-order valence-corrected chi connectivity index (χ1v) is 6.03. The molecule has 1 atom stereocenters. The zero-order chi connectivity index (χ0) is 13.5. The fraction of sp³-hybridized carbons (Fsp3) is 0.571. The monoisotopic (exact) mass is 254 g/mol. The van der Waals surface area contributed by atoms with E-state index in [1.165, 1.54) is 0 Å². The Bertz CT molecular complexity index is 345. The van der Waals surface area contributed by atoms with Gasteiger partial charge in [-0.25, -0.2) is 0 Å². The molecule has 0 saturated carbocycles. The lowest BCUT2D eigenvalue weighted by Gasteiger charge is -2.18. The summed E-state index contributed by atoms with van der Waals surface area (Å²) in [5.41, 5.74) is 2.56. The maximum absolute atomic E-state index is 10.1. The summed E-state index contributed by atoms with van der Waals surface area (Å²) < 4.78 is 15.6. The van der Waals surface area contributed by atoms with E-state index in [1.807, 2.05) is 12.1 Å². The molecule has 0 aliphatic carbocycles. The molecule has 0 fully saturated rings. The predicted octanol–water partition coefficient (Wildman–Crippen LogP) is 2.78. The molecule has 102 valence electrons. The van der Waals surface area contributed by atoms with Gasteiger partial charge in [0.1, 0.15) is 5.75 Å². The van der Waals surface area contributed by atoms with Crippen molar-refractivity contribution >= 4 is 0 Å². The Morgan fingerprint density at radius 2 is 1.56 bits per heavy atom. The van der Waals surface area contributed by atoms with Gasteiger partial charge < -0.3 is 19.3 Å². The van der Waals surface area contributed by atoms with E-state index in [-0.39, 0.29) is 11.9 Å². The number of ether oxygens (including phenoxy) is 3. The summed E-state index contributed by atoms with van der Waals surface area (Å²) in [6.07, 6.45) is 0.900. The molecule has 0 heterocycles. The van der Waals surface area contributed by atoms with Gasteiger partial charge in [-0.3, -0.25) is 0 Å². The molecule has 4 nitrogen and oxygen atoms in total. The van der Waals surface area contributed by atoms with Crippen molar-refractivity contribution in [3.8, 4) is 5.75 Å². The first kappa shape index (κ1) is 15.0. The Morgan fingerprint density at radius 3 is 1.89 bits per heavy atom. The number of hydrogen-bond donors (Lipinski definition) is 1. The van der Waals surface area contributed by atoms with Gasteiger partial charge in [0.25, 0.3) is 0 Å². The smallest absolute Gasteiger partial charge is 0.126 e. The first-order valence-electron chi connectivity index (χ1n) is 6.03. The number of rotatable bonds is 7. The highest BCUT2D eigenvalue weighted by molar-refractivity contribution is 5.44. The molecule has 0 amide bonds. The number of phenolic OH excluding ortho intramolecular Hbond substituents is 1. The van der Waals surface area contributed by atoms with E-state index < -0.39 is 0 Å². The van der Waals surface area contributed by atoms with Crippen molar-refractivity contribution in [1.82, 2.24) is 0 Å². The van der Waals surface area contributed by atoms with Gasteiger partial charge in [-0.05, 0) is 24.1 Å². The van der Waals surface area contributed by atoms with Crippen LogP contribution in [0.1, 0.15) is 36.1 Å². The molecule has 0 saturated heterocycles. The molecule has 1 unspecified atom stereocenters. The van der Waals surface area contributed by atoms with Crippen LogP contribution in [-0.4, -0.2) is 26.4 Å². The highest BCUT2D eigenvalue weighted by Gasteiger charge is 2.15. The summed E-state index contributed by atoms with van der Waals surface area (Å²) >= 11 is 0. The molecule has 0 spiro atoms. The van der Waals surface area contributed by atoms with Crippen LogP contribution in [0.15, 0.2) is 12.1 Å². The lowest BCUT2D eigenvalue weighted by Crippen LogP contribution is -2.04. The van der Waals surface area contributed by atoms with E-state index >= 15 is 0 Å². The number of methoxy groups -OCH3 is 3. The highest BCUT2D eigenvalue weighted by atomic mass is 16.5. The molecule has 1 rings (SSSR count). The van der Waals surface area contributed by atoms with Gasteiger partial charge in [-0.2, -0.15) is 0 Å². The molecule has 18 heavy (non-hydrogen) atoms. The molecule has 0 aliphatic heterocycles. The molecule has 1 N–H and O–H groups in total. The standard InChI is InChI=1S/C14H22O4/c1-5-13(18-4)10-6-11(8-16-2)14(15)12(7-10)9-17-3/h6-7,13,15H,5,8-9H2,1-4H3. The third-order valence-electron chi connectivity index (χ3n) is 2.92. The largest absolute Gasteiger partial charge is 0.507 e. The van der Waals surface area contributed by atoms with Gasteiger partial charge in [-0.1, -0.05) is 6.92 Å². The zero-order valence-corrected chi connectivity index (χ0v) is 11.5. The van der Waals surface area contributed by atoms with Gasteiger partial charge in [0.2, 0.25) is 0 Å². The van der Waals surface area contributed by atoms with E-state index in [0.717, 1.165) is 23.1 Å². The Kier molecular flexibility index (Phi) is 6.12. The van der Waals surface area contributed by atoms with Crippen LogP contribution in [0.2, 0.25) is 0 Å². The number of benzene rings is 1. The summed E-state index contributed by atoms with van der Waals surface area (Å²) in [7, 11) is 4.90. The normalized spacial score (nSPS) is 12.7. The summed E-state index contributed by atoms with van der Waals surface area (Å²) in [6, 6.07) is 3.85. The Labute approximate surface area is 108 Å². The van der Waals surface area contributed by atoms with Gasteiger partial charge in [0, 0.05) is 32.5 Å². The highest BCUT2D eigenvalue weighted by Crippen LogP contribution is 2.30. The van der Waals surface area contributed by atoms with Crippen molar-refractivity contribution < 1.29 is 19.3 Å². The van der Waals surface area contributed by atoms with Crippen LogP contribution in [-0.2, 0) is 27.4 Å². The Balaban J connectivity index is 3.18. The van der Waals surface area contributed by atoms with Crippen molar-refractivity contribution in [2.24, 2.45) is 0 Å². The molecule has 1 aromatic carbocycles. The van der Waals surface area contributed by atoms with E-state index in [9.17, 15) is 5.11 Å². The Hall–Kier alpha value is -1.10. The minimum absolute atomic E-state index is 0.0248. The van der Waals surface area contributed by atoms with Crippen LogP contribution >= 0.6 is 0 Å². The van der Waals surface area contributed by atoms with Crippen molar-refractivity contribution in [3.05, 3.63) is 28.8 Å². The minimum Gasteiger partial charge on any atom is -0.507 e. The maximum Gasteiger partial charge on any atom is 0.126 e. The first-order chi connectivity index (χ1) is 8.67. The predicted molar refractivity (Wildman–Crippen MR) is 69.6 cm³/mol. The maximum atomic E-state index is 10.1. The second kappa shape index (κ2) is 7.36. The lowest BCUT2D eigenvalue weighted by molar-refractivity contribution is 0.0992. The van der Waals surface area contributed by atoms with Crippen LogP contribution in [0.25, 0.3) is 0 Å². The summed E-state index contributed by atoms with van der Waals surface area (Å²) in [6.45, 7) is 2.81. The fourth-order valence-corrected chi connectivity index (χ4v) is 2.04. The van der Waals surface area contributed by atoms with Gasteiger partial charge in [0.05, 0.1) is 19.3 Å². The average Bonchev–Trinajstić information content (AvgIpc) is 2.36. The Morgan fingerprint density at radius 1 is 1.06 bits per heavy atom. The molecular weight excluding hydrogens is 232 g/mol. The quantitative estimate of drug-likeness (QED) is 0.812. The van der Waals surface area contributed by atoms with E-state index in [1.54, 1.807) is 21.3 Å². The van der Waals surface area contributed by atoms with Crippen LogP contribution in [0.5, 0.6) is 5.75 Å². The van der Waals surface area contributed by atoms with Gasteiger partial charge in [-0.15, -0.1) is 0 Å². The van der Waals surface area contributed by atoms with E-state index in [0.29, 0.717) is 13.2 Å². The van der Waals surface area contributed by atoms with E-state index in [4.69, 9.17) is 14.2 Å². The van der Waals surface area contributed by atoms with Crippen molar-refractivity contribution in [2.45, 2.75) is 32.7 Å². The van der Waals surface area contributed by atoms with Crippen molar-refractivity contribution in [2.75, 3.05) is 21.3 Å². The third-order valence-corrected chi connectivity index (χ3v) is 2.92. The molecule has 0 aliphatic rings. The summed E-state index contributed by atoms with van der Waals surface area (Å²) in [5, 5.41) is 10.1. The zero-order valence-electron chi connectivity index (χ0n) is 11.5. The fourth-order valence-electron chi connectivity index (χ4n) is 2.04. The number of aromatic hydroxyl groups is 1. The topological polar surface area (TPSA) is 47.9 Å². The van der Waals surface area contributed by atoms with Gasteiger partial charge in [0.15, 0.2) is 0 Å². The number of hydrogen-bond acceptors (Lipinski definition) is 4. The number of phenols is 1. The van der Waals surface area contributed by atoms with Crippen molar-refractivity contribution in [1.29, 1.82) is 0 Å². The third kappa shape index (κ3) is 3.45. The van der Waals surface area contributed by atoms with Crippen LogP contribution in [0.3, 0.4) is 0 Å². The molecule has 1 aromatic rings. The minimum atomic E-state index is 0.0248. The van der Waals surface area contributed by atoms with Crippen LogP contribution < -0.4 is 0 Å². The second-order valence-electron chi connectivity index (χ2n) is 4.19. The van der Waals surface area contributed by atoms with Crippen LogP contribution in [0.4, 0.5) is 0 Å². The molecule has 0 aromatic heterocycles. The lowest BCUT2D eigenvalue weighted by atomic mass is 9.99. The molecular formula is C14H22O4. The molecule has 0 radical (unpaired) electrons. The van der Waals surface area contributed by atoms with Gasteiger partial charge >= 0.3 is 0 Å². The van der Waals surface area contributed by atoms with Crippen molar-refractivity contribution in [3.63, 3.8) is 0 Å². The van der Waals surface area contributed by atoms with Crippen LogP contribution in [0, 0.1) is 0 Å². The van der Waals surface area contributed by atoms with E-state index in [2.05, 4.69) is 6.92 Å². The summed E-state index contributed by atoms with van der Waals surface area (Å²) in [5.74, 6) is 0.244. The average molecular weight is 254 g/mol.